The number of hydrogen-bond acceptors (Lipinski definition) is 5. The molecular formula is C10H15N5S. The molecule has 86 valence electrons. The third-order valence-corrected chi connectivity index (χ3v) is 3.19. The number of aromatic nitrogens is 4. The first-order valence-electron chi connectivity index (χ1n) is 5.42. The molecule has 0 radical (unpaired) electrons. The molecule has 0 spiro atoms. The molecule has 2 rings (SSSR count). The predicted molar refractivity (Wildman–Crippen MR) is 64.4 cm³/mol. The zero-order valence-electron chi connectivity index (χ0n) is 9.23. The van der Waals surface area contributed by atoms with E-state index in [0.29, 0.717) is 0 Å². The van der Waals surface area contributed by atoms with Crippen LogP contribution in [0.15, 0.2) is 12.4 Å². The molecule has 0 amide bonds. The van der Waals surface area contributed by atoms with E-state index >= 15 is 0 Å². The third-order valence-electron chi connectivity index (χ3n) is 2.15. The molecule has 2 heterocycles. The lowest BCUT2D eigenvalue weighted by atomic mass is 10.4. The van der Waals surface area contributed by atoms with Gasteiger partial charge in [0.2, 0.25) is 0 Å². The first-order valence-corrected chi connectivity index (χ1v) is 6.24. The van der Waals surface area contributed by atoms with Gasteiger partial charge >= 0.3 is 0 Å². The Bertz CT molecular complexity index is 409. The summed E-state index contributed by atoms with van der Waals surface area (Å²) in [6.45, 7) is 4.19. The van der Waals surface area contributed by atoms with Crippen LogP contribution in [0.25, 0.3) is 10.6 Å². The minimum absolute atomic E-state index is 0.930. The first-order chi connectivity index (χ1) is 7.90. The molecule has 0 atom stereocenters. The maximum Gasteiger partial charge on any atom is 0.150 e. The minimum atomic E-state index is 0.930. The molecule has 5 nitrogen and oxygen atoms in total. The summed E-state index contributed by atoms with van der Waals surface area (Å²) >= 11 is 1.63. The van der Waals surface area contributed by atoms with Crippen molar-refractivity contribution in [2.75, 3.05) is 13.1 Å². The summed E-state index contributed by atoms with van der Waals surface area (Å²) in [6.07, 6.45) is 5.70. The predicted octanol–water partition coefficient (Wildman–Crippen LogP) is 1.47. The van der Waals surface area contributed by atoms with E-state index < -0.39 is 0 Å². The number of H-pyrrole nitrogens is 1. The van der Waals surface area contributed by atoms with Crippen molar-refractivity contribution in [3.8, 4) is 10.6 Å². The number of hydrogen-bond donors (Lipinski definition) is 2. The van der Waals surface area contributed by atoms with Crippen molar-refractivity contribution in [2.45, 2.75) is 19.8 Å². The topological polar surface area (TPSA) is 66.5 Å². The molecule has 0 saturated heterocycles. The molecular weight excluding hydrogens is 222 g/mol. The van der Waals surface area contributed by atoms with Crippen LogP contribution in [0.2, 0.25) is 0 Å². The monoisotopic (exact) mass is 237 g/mol. The Kier molecular flexibility index (Phi) is 4.01. The van der Waals surface area contributed by atoms with Crippen LogP contribution in [-0.4, -0.2) is 33.5 Å². The highest BCUT2D eigenvalue weighted by Gasteiger charge is 2.06. The number of aromatic amines is 1. The lowest BCUT2D eigenvalue weighted by Gasteiger charge is -1.98. The van der Waals surface area contributed by atoms with Crippen molar-refractivity contribution in [3.05, 3.63) is 17.4 Å². The lowest BCUT2D eigenvalue weighted by Crippen LogP contribution is -2.17. The number of nitrogens with one attached hydrogen (secondary N) is 2. The fourth-order valence-corrected chi connectivity index (χ4v) is 2.16. The number of nitrogens with zero attached hydrogens (tertiary/aromatic N) is 3. The van der Waals surface area contributed by atoms with E-state index in [1.165, 1.54) is 0 Å². The van der Waals surface area contributed by atoms with Gasteiger partial charge in [0.25, 0.3) is 0 Å². The molecule has 2 aromatic rings. The first kappa shape index (κ1) is 11.2. The van der Waals surface area contributed by atoms with Gasteiger partial charge in [-0.25, -0.2) is 0 Å². The van der Waals surface area contributed by atoms with Crippen LogP contribution in [0.3, 0.4) is 0 Å². The van der Waals surface area contributed by atoms with E-state index in [-0.39, 0.29) is 0 Å². The average Bonchev–Trinajstić information content (AvgIpc) is 2.94. The van der Waals surface area contributed by atoms with Crippen molar-refractivity contribution in [1.29, 1.82) is 0 Å². The van der Waals surface area contributed by atoms with Gasteiger partial charge in [-0.1, -0.05) is 18.3 Å². The van der Waals surface area contributed by atoms with Gasteiger partial charge in [0, 0.05) is 19.2 Å². The van der Waals surface area contributed by atoms with Gasteiger partial charge in [-0.2, -0.15) is 5.10 Å². The summed E-state index contributed by atoms with van der Waals surface area (Å²) in [5.41, 5.74) is 1.00. The zero-order valence-corrected chi connectivity index (χ0v) is 10.0. The fraction of sp³-hybridized carbons (Fsp3) is 0.500. The molecule has 6 heteroatoms. The highest BCUT2D eigenvalue weighted by atomic mass is 32.1. The highest BCUT2D eigenvalue weighted by molar-refractivity contribution is 7.14. The third kappa shape index (κ3) is 2.86. The summed E-state index contributed by atoms with van der Waals surface area (Å²) in [7, 11) is 0. The molecule has 16 heavy (non-hydrogen) atoms. The van der Waals surface area contributed by atoms with Crippen LogP contribution in [0.5, 0.6) is 0 Å². The van der Waals surface area contributed by atoms with Crippen LogP contribution >= 0.6 is 11.3 Å². The molecule has 0 fully saturated rings. The Labute approximate surface area is 98.3 Å². The van der Waals surface area contributed by atoms with Crippen molar-refractivity contribution in [3.63, 3.8) is 0 Å². The Morgan fingerprint density at radius 3 is 3.06 bits per heavy atom. The van der Waals surface area contributed by atoms with E-state index in [4.69, 9.17) is 0 Å². The molecule has 0 unspecified atom stereocenters. The van der Waals surface area contributed by atoms with Crippen molar-refractivity contribution < 1.29 is 0 Å². The second kappa shape index (κ2) is 5.72. The molecule has 0 aliphatic rings. The van der Waals surface area contributed by atoms with Crippen molar-refractivity contribution >= 4 is 11.3 Å². The van der Waals surface area contributed by atoms with E-state index in [1.54, 1.807) is 17.5 Å². The van der Waals surface area contributed by atoms with Crippen LogP contribution in [0, 0.1) is 0 Å². The van der Waals surface area contributed by atoms with E-state index in [9.17, 15) is 0 Å². The van der Waals surface area contributed by atoms with E-state index in [0.717, 1.165) is 41.5 Å². The standard InChI is InChI=1S/C10H15N5S/c1-2-4-11-5-3-9-14-15-10(16-9)8-6-12-13-7-8/h6-7,11H,2-5H2,1H3,(H,12,13). The molecule has 0 saturated carbocycles. The number of rotatable bonds is 6. The SMILES string of the molecule is CCCNCCc1nnc(-c2cn[nH]c2)s1. The summed E-state index contributed by atoms with van der Waals surface area (Å²) < 4.78 is 0. The maximum absolute atomic E-state index is 4.16. The zero-order chi connectivity index (χ0) is 11.2. The van der Waals surface area contributed by atoms with Gasteiger partial charge in [-0.15, -0.1) is 10.2 Å². The second-order valence-corrected chi connectivity index (χ2v) is 4.55. The Morgan fingerprint density at radius 1 is 1.38 bits per heavy atom. The summed E-state index contributed by atoms with van der Waals surface area (Å²) in [4.78, 5) is 0. The Balaban J connectivity index is 1.88. The molecule has 0 aliphatic heterocycles. The second-order valence-electron chi connectivity index (χ2n) is 3.49. The van der Waals surface area contributed by atoms with Crippen LogP contribution in [0.1, 0.15) is 18.4 Å². The van der Waals surface area contributed by atoms with E-state index in [1.807, 2.05) is 6.20 Å². The van der Waals surface area contributed by atoms with E-state index in [2.05, 4.69) is 32.6 Å². The molecule has 2 aromatic heterocycles. The average molecular weight is 237 g/mol. The maximum atomic E-state index is 4.16. The molecule has 2 N–H and O–H groups in total. The summed E-state index contributed by atoms with van der Waals surface area (Å²) in [5.74, 6) is 0. The Hall–Kier alpha value is -1.27. The fourth-order valence-electron chi connectivity index (χ4n) is 1.34. The van der Waals surface area contributed by atoms with Crippen molar-refractivity contribution in [1.82, 2.24) is 25.7 Å². The van der Waals surface area contributed by atoms with Crippen LogP contribution in [0.4, 0.5) is 0 Å². The molecule has 0 aliphatic carbocycles. The van der Waals surface area contributed by atoms with Gasteiger partial charge in [-0.3, -0.25) is 5.10 Å². The molecule has 0 aromatic carbocycles. The quantitative estimate of drug-likeness (QED) is 0.747. The highest BCUT2D eigenvalue weighted by Crippen LogP contribution is 2.21. The lowest BCUT2D eigenvalue weighted by molar-refractivity contribution is 0.668. The molecule has 0 bridgehead atoms. The van der Waals surface area contributed by atoms with Crippen LogP contribution in [-0.2, 0) is 6.42 Å². The largest absolute Gasteiger partial charge is 0.316 e. The van der Waals surface area contributed by atoms with Crippen LogP contribution < -0.4 is 5.32 Å². The van der Waals surface area contributed by atoms with Gasteiger partial charge < -0.3 is 5.32 Å². The summed E-state index contributed by atoms with van der Waals surface area (Å²) in [5, 5.41) is 20.3. The summed E-state index contributed by atoms with van der Waals surface area (Å²) in [6, 6.07) is 0. The normalized spacial score (nSPS) is 10.8. The minimum Gasteiger partial charge on any atom is -0.316 e. The van der Waals surface area contributed by atoms with Gasteiger partial charge in [0.15, 0.2) is 5.01 Å². The smallest absolute Gasteiger partial charge is 0.150 e. The van der Waals surface area contributed by atoms with Gasteiger partial charge in [0.1, 0.15) is 5.01 Å². The Morgan fingerprint density at radius 2 is 2.31 bits per heavy atom. The van der Waals surface area contributed by atoms with Gasteiger partial charge in [0.05, 0.1) is 11.8 Å². The van der Waals surface area contributed by atoms with Gasteiger partial charge in [-0.05, 0) is 13.0 Å². The van der Waals surface area contributed by atoms with Crippen molar-refractivity contribution in [2.24, 2.45) is 0 Å².